The predicted octanol–water partition coefficient (Wildman–Crippen LogP) is 1.65. The van der Waals surface area contributed by atoms with Crippen molar-refractivity contribution in [2.45, 2.75) is 6.61 Å². The average molecular weight is 225 g/mol. The van der Waals surface area contributed by atoms with E-state index >= 15 is 0 Å². The fourth-order valence-corrected chi connectivity index (χ4v) is 1.26. The number of aliphatic hydroxyl groups is 1. The Morgan fingerprint density at radius 2 is 1.93 bits per heavy atom. The molecule has 1 aromatic carbocycles. The zero-order valence-corrected chi connectivity index (χ0v) is 9.67. The van der Waals surface area contributed by atoms with Crippen molar-refractivity contribution in [2.75, 3.05) is 12.5 Å². The maximum absolute atomic E-state index is 9.56. The summed E-state index contributed by atoms with van der Waals surface area (Å²) in [6, 6.07) is 7.93. The van der Waals surface area contributed by atoms with Crippen molar-refractivity contribution in [2.24, 2.45) is 0 Å². The molecule has 0 aliphatic rings. The molecule has 0 bridgehead atoms. The molecule has 0 atom stereocenters. The summed E-state index contributed by atoms with van der Waals surface area (Å²) in [4.78, 5) is 3.08. The third-order valence-corrected chi connectivity index (χ3v) is 1.85. The molecule has 0 unspecified atom stereocenters. The van der Waals surface area contributed by atoms with Gasteiger partial charge in [0.2, 0.25) is 0 Å². The maximum atomic E-state index is 9.56. The molecule has 0 aliphatic heterocycles. The van der Waals surface area contributed by atoms with Crippen LogP contribution in [0.25, 0.3) is 10.9 Å². The Morgan fingerprint density at radius 1 is 1.33 bits per heavy atom. The van der Waals surface area contributed by atoms with Gasteiger partial charge in [-0.25, -0.2) is 0 Å². The van der Waals surface area contributed by atoms with Gasteiger partial charge in [-0.3, -0.25) is 4.21 Å². The fourth-order valence-electron chi connectivity index (χ4n) is 1.26. The highest BCUT2D eigenvalue weighted by molar-refractivity contribution is 7.83. The number of aliphatic hydroxyl groups excluding tert-OH is 1. The standard InChI is InChI=1S/C9H9NO.C2H6OS/c11-6-7-5-10-9-4-2-1-3-8(7)9;1-4(2)3/h1-5,10-11H,6H2;1-2H3. The van der Waals surface area contributed by atoms with E-state index in [0.717, 1.165) is 16.5 Å². The number of H-pyrrole nitrogens is 1. The Morgan fingerprint density at radius 3 is 2.53 bits per heavy atom. The van der Waals surface area contributed by atoms with Crippen LogP contribution >= 0.6 is 0 Å². The molecule has 15 heavy (non-hydrogen) atoms. The van der Waals surface area contributed by atoms with E-state index in [9.17, 15) is 4.21 Å². The molecule has 2 N–H and O–H groups in total. The molecule has 0 aliphatic carbocycles. The third-order valence-electron chi connectivity index (χ3n) is 1.85. The van der Waals surface area contributed by atoms with Crippen molar-refractivity contribution in [3.63, 3.8) is 0 Å². The molecule has 82 valence electrons. The van der Waals surface area contributed by atoms with Gasteiger partial charge >= 0.3 is 0 Å². The summed E-state index contributed by atoms with van der Waals surface area (Å²) in [7, 11) is -0.611. The van der Waals surface area contributed by atoms with Gasteiger partial charge in [-0.1, -0.05) is 18.2 Å². The van der Waals surface area contributed by atoms with Crippen LogP contribution in [0.4, 0.5) is 0 Å². The van der Waals surface area contributed by atoms with Gasteiger partial charge in [0.25, 0.3) is 0 Å². The van der Waals surface area contributed by atoms with E-state index in [-0.39, 0.29) is 6.61 Å². The highest BCUT2D eigenvalue weighted by Crippen LogP contribution is 2.16. The van der Waals surface area contributed by atoms with Crippen LogP contribution in [0.5, 0.6) is 0 Å². The van der Waals surface area contributed by atoms with Crippen molar-refractivity contribution < 1.29 is 9.32 Å². The first kappa shape index (κ1) is 11.9. The van der Waals surface area contributed by atoms with Crippen LogP contribution in [0.1, 0.15) is 5.56 Å². The monoisotopic (exact) mass is 225 g/mol. The van der Waals surface area contributed by atoms with Crippen LogP contribution in [0, 0.1) is 0 Å². The summed E-state index contributed by atoms with van der Waals surface area (Å²) in [5.74, 6) is 0. The second-order valence-corrected chi connectivity index (χ2v) is 4.74. The number of hydrogen-bond donors (Lipinski definition) is 2. The highest BCUT2D eigenvalue weighted by Gasteiger charge is 1.98. The molecular formula is C11H15NO2S. The van der Waals surface area contributed by atoms with Gasteiger partial charge < -0.3 is 10.1 Å². The van der Waals surface area contributed by atoms with E-state index < -0.39 is 10.8 Å². The smallest absolute Gasteiger partial charge is 0.0702 e. The number of para-hydroxylation sites is 1. The van der Waals surface area contributed by atoms with Crippen LogP contribution in [0.2, 0.25) is 0 Å². The second-order valence-electron chi connectivity index (χ2n) is 3.26. The molecule has 2 aromatic rings. The molecule has 2 rings (SSSR count). The quantitative estimate of drug-likeness (QED) is 0.775. The van der Waals surface area contributed by atoms with E-state index in [4.69, 9.17) is 5.11 Å². The van der Waals surface area contributed by atoms with Gasteiger partial charge in [0.1, 0.15) is 0 Å². The molecule has 0 saturated heterocycles. The summed E-state index contributed by atoms with van der Waals surface area (Å²) >= 11 is 0. The van der Waals surface area contributed by atoms with E-state index in [1.165, 1.54) is 0 Å². The third kappa shape index (κ3) is 3.49. The number of aromatic amines is 1. The van der Waals surface area contributed by atoms with Crippen molar-refractivity contribution in [3.05, 3.63) is 36.0 Å². The van der Waals surface area contributed by atoms with Gasteiger partial charge in [0.05, 0.1) is 6.61 Å². The van der Waals surface area contributed by atoms with Gasteiger partial charge in [0.15, 0.2) is 0 Å². The van der Waals surface area contributed by atoms with Crippen molar-refractivity contribution in [1.29, 1.82) is 0 Å². The molecule has 0 amide bonds. The van der Waals surface area contributed by atoms with Crippen LogP contribution < -0.4 is 0 Å². The van der Waals surface area contributed by atoms with Crippen LogP contribution in [-0.4, -0.2) is 26.8 Å². The zero-order chi connectivity index (χ0) is 11.3. The molecule has 0 saturated carbocycles. The first-order valence-electron chi connectivity index (χ1n) is 4.56. The van der Waals surface area contributed by atoms with Crippen LogP contribution in [0.15, 0.2) is 30.5 Å². The average Bonchev–Trinajstić information content (AvgIpc) is 2.59. The number of nitrogens with one attached hydrogen (secondary N) is 1. The predicted molar refractivity (Wildman–Crippen MR) is 64.2 cm³/mol. The Kier molecular flexibility index (Phi) is 4.52. The molecule has 1 heterocycles. The summed E-state index contributed by atoms with van der Waals surface area (Å²) in [6.07, 6.45) is 5.12. The summed E-state index contributed by atoms with van der Waals surface area (Å²) in [5, 5.41) is 10.0. The summed E-state index contributed by atoms with van der Waals surface area (Å²) in [6.45, 7) is 0.101. The van der Waals surface area contributed by atoms with Crippen molar-refractivity contribution >= 4 is 21.7 Å². The molecule has 0 spiro atoms. The fraction of sp³-hybridized carbons (Fsp3) is 0.273. The second kappa shape index (κ2) is 5.68. The van der Waals surface area contributed by atoms with E-state index in [0.29, 0.717) is 0 Å². The van der Waals surface area contributed by atoms with Crippen molar-refractivity contribution in [3.8, 4) is 0 Å². The lowest BCUT2D eigenvalue weighted by atomic mass is 10.2. The molecule has 0 fully saturated rings. The minimum Gasteiger partial charge on any atom is -0.392 e. The largest absolute Gasteiger partial charge is 0.392 e. The Hall–Kier alpha value is -1.13. The van der Waals surface area contributed by atoms with E-state index in [1.807, 2.05) is 30.5 Å². The van der Waals surface area contributed by atoms with Gasteiger partial charge in [0, 0.05) is 46.0 Å². The Balaban J connectivity index is 0.000000245. The first-order valence-corrected chi connectivity index (χ1v) is 6.52. The first-order chi connectivity index (χ1) is 7.15. The number of hydrogen-bond acceptors (Lipinski definition) is 2. The van der Waals surface area contributed by atoms with Crippen molar-refractivity contribution in [1.82, 2.24) is 4.98 Å². The molecule has 1 aromatic heterocycles. The molecule has 0 radical (unpaired) electrons. The Labute approximate surface area is 91.6 Å². The lowest BCUT2D eigenvalue weighted by Gasteiger charge is -1.90. The lowest BCUT2D eigenvalue weighted by Crippen LogP contribution is -1.76. The van der Waals surface area contributed by atoms with Gasteiger partial charge in [-0.2, -0.15) is 0 Å². The van der Waals surface area contributed by atoms with Gasteiger partial charge in [-0.05, 0) is 6.07 Å². The zero-order valence-electron chi connectivity index (χ0n) is 8.86. The summed E-state index contributed by atoms with van der Waals surface area (Å²) < 4.78 is 9.56. The number of benzene rings is 1. The topological polar surface area (TPSA) is 53.1 Å². The number of rotatable bonds is 1. The normalized spacial score (nSPS) is 10.1. The van der Waals surface area contributed by atoms with Crippen LogP contribution in [0.3, 0.4) is 0 Å². The number of aromatic nitrogens is 1. The van der Waals surface area contributed by atoms with Gasteiger partial charge in [-0.15, -0.1) is 0 Å². The van der Waals surface area contributed by atoms with Crippen LogP contribution in [-0.2, 0) is 17.4 Å². The van der Waals surface area contributed by atoms with E-state index in [2.05, 4.69) is 4.98 Å². The SMILES string of the molecule is CS(C)=O.OCc1c[nH]c2ccccc12. The molecular weight excluding hydrogens is 210 g/mol. The molecule has 3 nitrogen and oxygen atoms in total. The lowest BCUT2D eigenvalue weighted by molar-refractivity contribution is 0.283. The number of fused-ring (bicyclic) bond motifs is 1. The maximum Gasteiger partial charge on any atom is 0.0702 e. The van der Waals surface area contributed by atoms with E-state index in [1.54, 1.807) is 12.5 Å². The Bertz CT molecular complexity index is 447. The minimum atomic E-state index is -0.611. The minimum absolute atomic E-state index is 0.101. The highest BCUT2D eigenvalue weighted by atomic mass is 32.2. The molecule has 4 heteroatoms. The summed E-state index contributed by atoms with van der Waals surface area (Å²) in [5.41, 5.74) is 2.04.